The lowest BCUT2D eigenvalue weighted by Crippen LogP contribution is -2.39. The quantitative estimate of drug-likeness (QED) is 0.594. The Labute approximate surface area is 155 Å². The number of nitrogens with one attached hydrogen (secondary N) is 1. The van der Waals surface area contributed by atoms with E-state index in [4.69, 9.17) is 11.6 Å². The smallest absolute Gasteiger partial charge is 0.270 e. The number of benzene rings is 2. The molecule has 0 radical (unpaired) electrons. The van der Waals surface area contributed by atoms with Crippen LogP contribution in [0.1, 0.15) is 22.8 Å². The van der Waals surface area contributed by atoms with E-state index < -0.39 is 10.8 Å². The molecule has 136 valence electrons. The van der Waals surface area contributed by atoms with E-state index in [2.05, 4.69) is 5.32 Å². The van der Waals surface area contributed by atoms with Crippen molar-refractivity contribution in [1.82, 2.24) is 10.2 Å². The molecule has 0 heterocycles. The summed E-state index contributed by atoms with van der Waals surface area (Å²) >= 11 is 5.92. The van der Waals surface area contributed by atoms with Gasteiger partial charge in [-0.25, -0.2) is 0 Å². The molecule has 1 N–H and O–H groups in total. The topological polar surface area (TPSA) is 92.6 Å². The number of carbonyl (C=O) groups is 2. The van der Waals surface area contributed by atoms with Crippen molar-refractivity contribution in [1.29, 1.82) is 0 Å². The molecule has 0 spiro atoms. The molecule has 0 unspecified atom stereocenters. The SMILES string of the molecule is CCN(Cc1ccccc1)C(=O)CNC(=O)c1ccc([N+](=O)[O-])cc1Cl. The minimum atomic E-state index is -0.597. The zero-order valence-electron chi connectivity index (χ0n) is 14.1. The maximum atomic E-state index is 12.3. The molecule has 7 nitrogen and oxygen atoms in total. The summed E-state index contributed by atoms with van der Waals surface area (Å²) in [5.74, 6) is -0.795. The summed E-state index contributed by atoms with van der Waals surface area (Å²) in [6, 6.07) is 13.1. The first-order valence-corrected chi connectivity index (χ1v) is 8.34. The van der Waals surface area contributed by atoms with E-state index in [1.54, 1.807) is 4.90 Å². The van der Waals surface area contributed by atoms with Crippen LogP contribution in [-0.2, 0) is 11.3 Å². The van der Waals surface area contributed by atoms with Gasteiger partial charge in [0.15, 0.2) is 0 Å². The van der Waals surface area contributed by atoms with Gasteiger partial charge in [-0.1, -0.05) is 41.9 Å². The third-order valence-corrected chi connectivity index (χ3v) is 4.07. The first kappa shape index (κ1) is 19.4. The summed E-state index contributed by atoms with van der Waals surface area (Å²) in [6.07, 6.45) is 0. The highest BCUT2D eigenvalue weighted by Gasteiger charge is 2.17. The predicted octanol–water partition coefficient (Wildman–Crippen LogP) is 3.03. The number of hydrogen-bond acceptors (Lipinski definition) is 4. The van der Waals surface area contributed by atoms with E-state index in [1.165, 1.54) is 12.1 Å². The molecule has 0 aliphatic carbocycles. The van der Waals surface area contributed by atoms with Crippen molar-refractivity contribution in [2.75, 3.05) is 13.1 Å². The molecule has 8 heteroatoms. The van der Waals surface area contributed by atoms with Crippen LogP contribution < -0.4 is 5.32 Å². The van der Waals surface area contributed by atoms with Crippen LogP contribution in [0.3, 0.4) is 0 Å². The van der Waals surface area contributed by atoms with Gasteiger partial charge in [-0.15, -0.1) is 0 Å². The van der Waals surface area contributed by atoms with Crippen molar-refractivity contribution in [2.24, 2.45) is 0 Å². The normalized spacial score (nSPS) is 10.2. The summed E-state index contributed by atoms with van der Waals surface area (Å²) < 4.78 is 0. The Balaban J connectivity index is 1.97. The van der Waals surface area contributed by atoms with Gasteiger partial charge < -0.3 is 10.2 Å². The Morgan fingerprint density at radius 3 is 2.46 bits per heavy atom. The number of nitro groups is 1. The fourth-order valence-corrected chi connectivity index (χ4v) is 2.61. The van der Waals surface area contributed by atoms with Gasteiger partial charge in [0.25, 0.3) is 11.6 Å². The average Bonchev–Trinajstić information content (AvgIpc) is 2.64. The second-order valence-corrected chi connectivity index (χ2v) is 5.90. The maximum Gasteiger partial charge on any atom is 0.270 e. The van der Waals surface area contributed by atoms with Crippen molar-refractivity contribution in [2.45, 2.75) is 13.5 Å². The van der Waals surface area contributed by atoms with E-state index >= 15 is 0 Å². The third-order valence-electron chi connectivity index (χ3n) is 3.76. The summed E-state index contributed by atoms with van der Waals surface area (Å²) in [4.78, 5) is 36.2. The van der Waals surface area contributed by atoms with Gasteiger partial charge in [0.1, 0.15) is 0 Å². The van der Waals surface area contributed by atoms with Gasteiger partial charge in [-0.05, 0) is 18.6 Å². The molecule has 0 atom stereocenters. The number of carbonyl (C=O) groups excluding carboxylic acids is 2. The Bertz CT molecular complexity index is 811. The molecule has 26 heavy (non-hydrogen) atoms. The Kier molecular flexibility index (Phi) is 6.68. The summed E-state index contributed by atoms with van der Waals surface area (Å²) in [7, 11) is 0. The van der Waals surface area contributed by atoms with Crippen LogP contribution in [0.25, 0.3) is 0 Å². The van der Waals surface area contributed by atoms with Gasteiger partial charge in [0, 0.05) is 25.2 Å². The summed E-state index contributed by atoms with van der Waals surface area (Å²) in [6.45, 7) is 2.62. The summed E-state index contributed by atoms with van der Waals surface area (Å²) in [5, 5.41) is 13.2. The molecule has 0 aromatic heterocycles. The Morgan fingerprint density at radius 2 is 1.88 bits per heavy atom. The van der Waals surface area contributed by atoms with Crippen LogP contribution in [0.2, 0.25) is 5.02 Å². The molecule has 2 aromatic rings. The number of nitro benzene ring substituents is 1. The van der Waals surface area contributed by atoms with Crippen molar-refractivity contribution in [3.05, 3.63) is 74.8 Å². The van der Waals surface area contributed by atoms with Crippen LogP contribution in [0.4, 0.5) is 5.69 Å². The van der Waals surface area contributed by atoms with Crippen LogP contribution in [0, 0.1) is 10.1 Å². The average molecular weight is 376 g/mol. The van der Waals surface area contributed by atoms with Crippen molar-refractivity contribution in [3.8, 4) is 0 Å². The van der Waals surface area contributed by atoms with Crippen molar-refractivity contribution < 1.29 is 14.5 Å². The lowest BCUT2D eigenvalue weighted by molar-refractivity contribution is -0.384. The molecule has 2 rings (SSSR count). The largest absolute Gasteiger partial charge is 0.343 e. The number of amides is 2. The molecular weight excluding hydrogens is 358 g/mol. The first-order valence-electron chi connectivity index (χ1n) is 7.96. The second kappa shape index (κ2) is 8.96. The monoisotopic (exact) mass is 375 g/mol. The molecule has 0 fully saturated rings. The van der Waals surface area contributed by atoms with E-state index in [-0.39, 0.29) is 28.7 Å². The fraction of sp³-hybridized carbons (Fsp3) is 0.222. The van der Waals surface area contributed by atoms with Gasteiger partial charge >= 0.3 is 0 Å². The Morgan fingerprint density at radius 1 is 1.19 bits per heavy atom. The minimum absolute atomic E-state index is 0.0409. The molecule has 0 saturated carbocycles. The number of non-ortho nitro benzene ring substituents is 1. The highest BCUT2D eigenvalue weighted by atomic mass is 35.5. The Hall–Kier alpha value is -2.93. The van der Waals surface area contributed by atoms with E-state index in [0.717, 1.165) is 11.6 Å². The van der Waals surface area contributed by atoms with Crippen molar-refractivity contribution >= 4 is 29.1 Å². The van der Waals surface area contributed by atoms with Crippen LogP contribution >= 0.6 is 11.6 Å². The number of nitrogens with zero attached hydrogens (tertiary/aromatic N) is 2. The lowest BCUT2D eigenvalue weighted by Gasteiger charge is -2.21. The molecular formula is C18H18ClN3O4. The van der Waals surface area contributed by atoms with E-state index in [9.17, 15) is 19.7 Å². The van der Waals surface area contributed by atoms with Gasteiger partial charge in [-0.3, -0.25) is 19.7 Å². The fourth-order valence-electron chi connectivity index (χ4n) is 2.34. The van der Waals surface area contributed by atoms with Gasteiger partial charge in [0.2, 0.25) is 5.91 Å². The van der Waals surface area contributed by atoms with E-state index in [0.29, 0.717) is 13.1 Å². The van der Waals surface area contributed by atoms with E-state index in [1.807, 2.05) is 37.3 Å². The zero-order valence-corrected chi connectivity index (χ0v) is 14.9. The molecule has 0 bridgehead atoms. The molecule has 0 saturated heterocycles. The highest BCUT2D eigenvalue weighted by Crippen LogP contribution is 2.22. The maximum absolute atomic E-state index is 12.3. The molecule has 2 amide bonds. The zero-order chi connectivity index (χ0) is 19.1. The second-order valence-electron chi connectivity index (χ2n) is 5.50. The van der Waals surface area contributed by atoms with Crippen LogP contribution in [0.15, 0.2) is 48.5 Å². The highest BCUT2D eigenvalue weighted by molar-refractivity contribution is 6.34. The first-order chi connectivity index (χ1) is 12.4. The third kappa shape index (κ3) is 5.03. The predicted molar refractivity (Wildman–Crippen MR) is 98.0 cm³/mol. The molecule has 0 aliphatic rings. The standard InChI is InChI=1S/C18H18ClN3O4/c1-2-21(12-13-6-4-3-5-7-13)17(23)11-20-18(24)15-9-8-14(22(25)26)10-16(15)19/h3-10H,2,11-12H2,1H3,(H,20,24). The number of halogens is 1. The van der Waals surface area contributed by atoms with Crippen LogP contribution in [-0.4, -0.2) is 34.7 Å². The van der Waals surface area contributed by atoms with Gasteiger partial charge in [-0.2, -0.15) is 0 Å². The summed E-state index contributed by atoms with van der Waals surface area (Å²) in [5.41, 5.74) is 0.867. The molecule has 0 aliphatic heterocycles. The molecule has 2 aromatic carbocycles. The minimum Gasteiger partial charge on any atom is -0.343 e. The van der Waals surface area contributed by atoms with Crippen LogP contribution in [0.5, 0.6) is 0 Å². The van der Waals surface area contributed by atoms with Gasteiger partial charge in [0.05, 0.1) is 22.1 Å². The number of rotatable bonds is 7. The van der Waals surface area contributed by atoms with Crippen molar-refractivity contribution in [3.63, 3.8) is 0 Å². The number of hydrogen-bond donors (Lipinski definition) is 1. The lowest BCUT2D eigenvalue weighted by atomic mass is 10.2. The number of likely N-dealkylation sites (N-methyl/N-ethyl adjacent to an activating group) is 1.